The lowest BCUT2D eigenvalue weighted by Gasteiger charge is -2.23. The molecular weight excluding hydrogens is 408 g/mol. The molecule has 0 aliphatic heterocycles. The smallest absolute Gasteiger partial charge is 0.00637 e. The molecule has 1 rings (SSSR count). The van der Waals surface area contributed by atoms with Gasteiger partial charge in [-0.25, -0.2) is 0 Å². The summed E-state index contributed by atoms with van der Waals surface area (Å²) in [6, 6.07) is 6.68. The number of rotatable bonds is 18. The summed E-state index contributed by atoms with van der Waals surface area (Å²) in [6.07, 6.45) is 26.7. The van der Waals surface area contributed by atoms with E-state index in [0.717, 1.165) is 25.7 Å². The van der Waals surface area contributed by atoms with Gasteiger partial charge in [-0.15, -0.1) is 0 Å². The standard InChI is InChI=1S/C34H54/c1-8-9-10-11-12-13-14-15-16-17-18-19-20-21-22-24-29(2)27-32-26-23-25-30(3)33(32)31(4)28-34(5,6)7/h12-13,15-16,23,25-26H,2,4,8-11,14,17-22,24,27-28H2,1,3,5-7H3/b13-12-,16-15-. The highest BCUT2D eigenvalue weighted by atomic mass is 14.2. The van der Waals surface area contributed by atoms with E-state index in [4.69, 9.17) is 0 Å². The predicted molar refractivity (Wildman–Crippen MR) is 156 cm³/mol. The van der Waals surface area contributed by atoms with Gasteiger partial charge in [0.25, 0.3) is 0 Å². The molecule has 0 amide bonds. The molecule has 0 nitrogen and oxygen atoms in total. The van der Waals surface area contributed by atoms with Gasteiger partial charge < -0.3 is 0 Å². The first-order valence-corrected chi connectivity index (χ1v) is 14.0. The first-order chi connectivity index (χ1) is 16.2. The highest BCUT2D eigenvalue weighted by Crippen LogP contribution is 2.33. The first kappa shape index (κ1) is 30.2. The quantitative estimate of drug-likeness (QED) is 0.150. The number of hydrogen-bond acceptors (Lipinski definition) is 0. The zero-order valence-electron chi connectivity index (χ0n) is 23.4. The third-order valence-corrected chi connectivity index (χ3v) is 6.38. The van der Waals surface area contributed by atoms with Crippen LogP contribution in [0.3, 0.4) is 0 Å². The Balaban J connectivity index is 2.23. The Morgan fingerprint density at radius 1 is 0.824 bits per heavy atom. The molecule has 0 radical (unpaired) electrons. The third kappa shape index (κ3) is 14.4. The molecule has 1 aromatic rings. The van der Waals surface area contributed by atoms with E-state index < -0.39 is 0 Å². The fourth-order valence-corrected chi connectivity index (χ4v) is 4.65. The minimum Gasteiger partial charge on any atom is -0.0995 e. The van der Waals surface area contributed by atoms with Gasteiger partial charge in [0, 0.05) is 0 Å². The van der Waals surface area contributed by atoms with Gasteiger partial charge >= 0.3 is 0 Å². The molecule has 0 saturated carbocycles. The maximum atomic E-state index is 4.45. The average Bonchev–Trinajstić information content (AvgIpc) is 2.75. The molecule has 1 aromatic carbocycles. The van der Waals surface area contributed by atoms with Crippen LogP contribution in [0.2, 0.25) is 0 Å². The number of benzene rings is 1. The molecule has 0 saturated heterocycles. The van der Waals surface area contributed by atoms with E-state index in [9.17, 15) is 0 Å². The van der Waals surface area contributed by atoms with E-state index >= 15 is 0 Å². The van der Waals surface area contributed by atoms with Crippen LogP contribution < -0.4 is 0 Å². The highest BCUT2D eigenvalue weighted by molar-refractivity contribution is 5.70. The van der Waals surface area contributed by atoms with E-state index in [1.54, 1.807) is 0 Å². The Hall–Kier alpha value is -1.82. The van der Waals surface area contributed by atoms with E-state index in [0.29, 0.717) is 0 Å². The second-order valence-electron chi connectivity index (χ2n) is 11.4. The number of aryl methyl sites for hydroxylation is 1. The van der Waals surface area contributed by atoms with Crippen molar-refractivity contribution in [2.24, 2.45) is 5.41 Å². The molecule has 0 aliphatic carbocycles. The second kappa shape index (κ2) is 17.6. The SMILES string of the molecule is C=C(CCCCCCC/C=C\C/C=C\CCCCC)Cc1cccc(C)c1C(=C)CC(C)(C)C. The summed E-state index contributed by atoms with van der Waals surface area (Å²) < 4.78 is 0. The summed E-state index contributed by atoms with van der Waals surface area (Å²) in [5.41, 5.74) is 7.01. The van der Waals surface area contributed by atoms with Gasteiger partial charge in [-0.3, -0.25) is 0 Å². The molecule has 0 aromatic heterocycles. The van der Waals surface area contributed by atoms with Crippen molar-refractivity contribution in [3.8, 4) is 0 Å². The van der Waals surface area contributed by atoms with Crippen molar-refractivity contribution < 1.29 is 0 Å². The van der Waals surface area contributed by atoms with Crippen LogP contribution in [0.1, 0.15) is 128 Å². The lowest BCUT2D eigenvalue weighted by molar-refractivity contribution is 0.427. The lowest BCUT2D eigenvalue weighted by atomic mass is 9.82. The molecule has 190 valence electrons. The van der Waals surface area contributed by atoms with Gasteiger partial charge in [0.1, 0.15) is 0 Å². The minimum atomic E-state index is 0.258. The van der Waals surface area contributed by atoms with Crippen LogP contribution in [0.4, 0.5) is 0 Å². The van der Waals surface area contributed by atoms with Crippen LogP contribution in [0, 0.1) is 12.3 Å². The third-order valence-electron chi connectivity index (χ3n) is 6.38. The van der Waals surface area contributed by atoms with Gasteiger partial charge in [-0.1, -0.05) is 121 Å². The van der Waals surface area contributed by atoms with Crippen LogP contribution in [0.5, 0.6) is 0 Å². The predicted octanol–water partition coefficient (Wildman–Crippen LogP) is 11.4. The Morgan fingerprint density at radius 2 is 1.44 bits per heavy atom. The molecule has 34 heavy (non-hydrogen) atoms. The molecule has 0 bridgehead atoms. The summed E-state index contributed by atoms with van der Waals surface area (Å²) in [5, 5.41) is 0. The zero-order chi connectivity index (χ0) is 25.2. The fourth-order valence-electron chi connectivity index (χ4n) is 4.65. The Bertz CT molecular complexity index is 766. The van der Waals surface area contributed by atoms with Gasteiger partial charge in [0.15, 0.2) is 0 Å². The van der Waals surface area contributed by atoms with E-state index in [1.165, 1.54) is 92.0 Å². The van der Waals surface area contributed by atoms with Crippen molar-refractivity contribution in [2.45, 2.75) is 125 Å². The van der Waals surface area contributed by atoms with Crippen LogP contribution in [-0.2, 0) is 6.42 Å². The molecule has 0 heteroatoms. The molecule has 0 fully saturated rings. The molecule has 0 N–H and O–H groups in total. The summed E-state index contributed by atoms with van der Waals surface area (Å²) in [4.78, 5) is 0. The summed E-state index contributed by atoms with van der Waals surface area (Å²) in [6.45, 7) is 20.2. The zero-order valence-corrected chi connectivity index (χ0v) is 23.4. The summed E-state index contributed by atoms with van der Waals surface area (Å²) >= 11 is 0. The Kier molecular flexibility index (Phi) is 15.6. The van der Waals surface area contributed by atoms with Crippen molar-refractivity contribution in [2.75, 3.05) is 0 Å². The molecule has 0 spiro atoms. The molecular formula is C34H54. The molecule has 0 aliphatic rings. The van der Waals surface area contributed by atoms with Crippen LogP contribution in [0.15, 0.2) is 61.2 Å². The molecule has 0 atom stereocenters. The van der Waals surface area contributed by atoms with Gasteiger partial charge in [-0.05, 0) is 92.4 Å². The summed E-state index contributed by atoms with van der Waals surface area (Å²) in [5.74, 6) is 0. The van der Waals surface area contributed by atoms with Gasteiger partial charge in [0.2, 0.25) is 0 Å². The van der Waals surface area contributed by atoms with Crippen LogP contribution in [-0.4, -0.2) is 0 Å². The minimum absolute atomic E-state index is 0.258. The van der Waals surface area contributed by atoms with E-state index in [2.05, 4.69) is 90.3 Å². The maximum Gasteiger partial charge on any atom is -0.00637 e. The second-order valence-corrected chi connectivity index (χ2v) is 11.4. The van der Waals surface area contributed by atoms with Crippen molar-refractivity contribution in [3.63, 3.8) is 0 Å². The van der Waals surface area contributed by atoms with Crippen molar-refractivity contribution >= 4 is 5.57 Å². The topological polar surface area (TPSA) is 0 Å². The number of unbranched alkanes of at least 4 members (excludes halogenated alkanes) is 8. The largest absolute Gasteiger partial charge is 0.0995 e. The Labute approximate surface area is 213 Å². The molecule has 0 heterocycles. The van der Waals surface area contributed by atoms with Gasteiger partial charge in [0.05, 0.1) is 0 Å². The van der Waals surface area contributed by atoms with Crippen LogP contribution in [0.25, 0.3) is 5.57 Å². The highest BCUT2D eigenvalue weighted by Gasteiger charge is 2.17. The lowest BCUT2D eigenvalue weighted by Crippen LogP contribution is -2.08. The normalized spacial score (nSPS) is 12.1. The monoisotopic (exact) mass is 462 g/mol. The first-order valence-electron chi connectivity index (χ1n) is 14.0. The van der Waals surface area contributed by atoms with E-state index in [-0.39, 0.29) is 5.41 Å². The maximum absolute atomic E-state index is 4.45. The van der Waals surface area contributed by atoms with Crippen LogP contribution >= 0.6 is 0 Å². The fraction of sp³-hybridized carbons (Fsp3) is 0.588. The van der Waals surface area contributed by atoms with Crippen molar-refractivity contribution in [1.82, 2.24) is 0 Å². The average molecular weight is 463 g/mol. The van der Waals surface area contributed by atoms with Gasteiger partial charge in [-0.2, -0.15) is 0 Å². The number of hydrogen-bond donors (Lipinski definition) is 0. The van der Waals surface area contributed by atoms with Crippen molar-refractivity contribution in [1.29, 1.82) is 0 Å². The molecule has 0 unspecified atom stereocenters. The summed E-state index contributed by atoms with van der Waals surface area (Å²) in [7, 11) is 0. The van der Waals surface area contributed by atoms with Crippen molar-refractivity contribution in [3.05, 3.63) is 77.9 Å². The Morgan fingerprint density at radius 3 is 2.09 bits per heavy atom. The van der Waals surface area contributed by atoms with E-state index in [1.807, 2.05) is 0 Å². The number of allylic oxidation sites excluding steroid dienone is 6.